The zero-order valence-corrected chi connectivity index (χ0v) is 7.70. The van der Waals surface area contributed by atoms with E-state index in [1.54, 1.807) is 0 Å². The van der Waals surface area contributed by atoms with Crippen LogP contribution in [0, 0.1) is 23.7 Å². The molecule has 0 amide bonds. The molecule has 3 nitrogen and oxygen atoms in total. The molecule has 1 fully saturated rings. The Morgan fingerprint density at radius 3 is 3.15 bits per heavy atom. The normalized spacial score (nSPS) is 23.4. The molecule has 13 heavy (non-hydrogen) atoms. The van der Waals surface area contributed by atoms with Crippen LogP contribution in [0.2, 0.25) is 0 Å². The van der Waals surface area contributed by atoms with E-state index in [0.717, 1.165) is 32.5 Å². The Hall–Kier alpha value is -1.03. The van der Waals surface area contributed by atoms with Crippen molar-refractivity contribution in [1.82, 2.24) is 4.90 Å². The number of nitrogens with zero attached hydrogens (tertiary/aromatic N) is 2. The van der Waals surface area contributed by atoms with Crippen LogP contribution in [0.25, 0.3) is 0 Å². The summed E-state index contributed by atoms with van der Waals surface area (Å²) >= 11 is 0. The summed E-state index contributed by atoms with van der Waals surface area (Å²) in [5.41, 5.74) is 0. The van der Waals surface area contributed by atoms with Crippen LogP contribution in [0.5, 0.6) is 0 Å². The predicted molar refractivity (Wildman–Crippen MR) is 49.9 cm³/mol. The zero-order chi connectivity index (χ0) is 9.52. The molecule has 1 unspecified atom stereocenters. The molecule has 70 valence electrons. The van der Waals surface area contributed by atoms with Gasteiger partial charge in [0.2, 0.25) is 0 Å². The summed E-state index contributed by atoms with van der Waals surface area (Å²) in [5.74, 6) is 2.61. The van der Waals surface area contributed by atoms with Gasteiger partial charge >= 0.3 is 0 Å². The van der Waals surface area contributed by atoms with Crippen LogP contribution in [-0.4, -0.2) is 37.2 Å². The molecule has 0 aliphatic carbocycles. The topological polar surface area (TPSA) is 36.3 Å². The van der Waals surface area contributed by atoms with Gasteiger partial charge in [-0.05, 0) is 13.0 Å². The highest BCUT2D eigenvalue weighted by molar-refractivity contribution is 4.89. The van der Waals surface area contributed by atoms with Crippen molar-refractivity contribution in [2.45, 2.75) is 18.9 Å². The smallest absolute Gasteiger partial charge is 0.156 e. The Bertz CT molecular complexity index is 226. The molecular formula is C10H14N2O. The summed E-state index contributed by atoms with van der Waals surface area (Å²) in [6.07, 6.45) is 6.72. The summed E-state index contributed by atoms with van der Waals surface area (Å²) in [7, 11) is 0. The van der Waals surface area contributed by atoms with Crippen LogP contribution in [-0.2, 0) is 4.74 Å². The fourth-order valence-electron chi connectivity index (χ4n) is 1.39. The second-order valence-electron chi connectivity index (χ2n) is 3.10. The molecule has 0 aromatic rings. The van der Waals surface area contributed by atoms with Gasteiger partial charge in [0.05, 0.1) is 12.7 Å². The maximum Gasteiger partial charge on any atom is 0.156 e. The van der Waals surface area contributed by atoms with Gasteiger partial charge in [0.25, 0.3) is 0 Å². The molecule has 0 radical (unpaired) electrons. The third-order valence-corrected chi connectivity index (χ3v) is 2.09. The summed E-state index contributed by atoms with van der Waals surface area (Å²) in [4.78, 5) is 2.23. The van der Waals surface area contributed by atoms with E-state index < -0.39 is 0 Å². The Kier molecular flexibility index (Phi) is 4.32. The molecule has 1 aliphatic heterocycles. The third kappa shape index (κ3) is 3.46. The first-order valence-electron chi connectivity index (χ1n) is 4.54. The van der Waals surface area contributed by atoms with Crippen molar-refractivity contribution in [3.05, 3.63) is 0 Å². The summed E-state index contributed by atoms with van der Waals surface area (Å²) in [6, 6.07) is 2.12. The minimum absolute atomic E-state index is 0.250. The second kappa shape index (κ2) is 5.59. The molecule has 0 N–H and O–H groups in total. The van der Waals surface area contributed by atoms with Gasteiger partial charge in [-0.3, -0.25) is 4.90 Å². The molecule has 0 aromatic heterocycles. The molecule has 0 saturated carbocycles. The SMILES string of the molecule is C#CCCCN1CCOC(C#N)C1. The summed E-state index contributed by atoms with van der Waals surface area (Å²) < 4.78 is 5.22. The number of hydrogen-bond donors (Lipinski definition) is 0. The first-order chi connectivity index (χ1) is 6.36. The maximum absolute atomic E-state index is 8.65. The number of morpholine rings is 1. The Balaban J connectivity index is 2.20. The van der Waals surface area contributed by atoms with E-state index in [1.165, 1.54) is 0 Å². The monoisotopic (exact) mass is 178 g/mol. The van der Waals surface area contributed by atoms with E-state index in [4.69, 9.17) is 16.4 Å². The molecule has 0 aromatic carbocycles. The van der Waals surface area contributed by atoms with Crippen LogP contribution in [0.3, 0.4) is 0 Å². The van der Waals surface area contributed by atoms with Crippen molar-refractivity contribution in [3.8, 4) is 18.4 Å². The van der Waals surface area contributed by atoms with E-state index in [1.807, 2.05) is 0 Å². The third-order valence-electron chi connectivity index (χ3n) is 2.09. The molecule has 1 atom stereocenters. The van der Waals surface area contributed by atoms with Gasteiger partial charge in [0.15, 0.2) is 6.10 Å². The maximum atomic E-state index is 8.65. The number of hydrogen-bond acceptors (Lipinski definition) is 3. The van der Waals surface area contributed by atoms with Gasteiger partial charge in [0.1, 0.15) is 0 Å². The van der Waals surface area contributed by atoms with Crippen molar-refractivity contribution < 1.29 is 4.74 Å². The van der Waals surface area contributed by atoms with Gasteiger partial charge in [-0.25, -0.2) is 0 Å². The van der Waals surface area contributed by atoms with Crippen molar-refractivity contribution >= 4 is 0 Å². The van der Waals surface area contributed by atoms with Crippen LogP contribution in [0.15, 0.2) is 0 Å². The number of terminal acetylenes is 1. The Morgan fingerprint density at radius 2 is 2.46 bits per heavy atom. The molecule has 1 rings (SSSR count). The summed E-state index contributed by atoms with van der Waals surface area (Å²) in [5, 5.41) is 8.65. The van der Waals surface area contributed by atoms with Crippen molar-refractivity contribution in [2.24, 2.45) is 0 Å². The average molecular weight is 178 g/mol. The molecule has 1 aliphatic rings. The molecule has 0 spiro atoms. The van der Waals surface area contributed by atoms with Crippen LogP contribution in [0.4, 0.5) is 0 Å². The molecule has 1 heterocycles. The fraction of sp³-hybridized carbons (Fsp3) is 0.700. The van der Waals surface area contributed by atoms with Gasteiger partial charge in [-0.15, -0.1) is 12.3 Å². The van der Waals surface area contributed by atoms with Crippen molar-refractivity contribution in [2.75, 3.05) is 26.2 Å². The lowest BCUT2D eigenvalue weighted by molar-refractivity contribution is 0.000393. The fourth-order valence-corrected chi connectivity index (χ4v) is 1.39. The number of nitriles is 1. The highest BCUT2D eigenvalue weighted by Crippen LogP contribution is 2.05. The number of rotatable bonds is 3. The van der Waals surface area contributed by atoms with Crippen LogP contribution < -0.4 is 0 Å². The van der Waals surface area contributed by atoms with Gasteiger partial charge < -0.3 is 4.74 Å². The number of unbranched alkanes of at least 4 members (excludes halogenated alkanes) is 1. The van der Waals surface area contributed by atoms with E-state index >= 15 is 0 Å². The standard InChI is InChI=1S/C10H14N2O/c1-2-3-4-5-12-6-7-13-10(8-11)9-12/h1,10H,3-7,9H2. The average Bonchev–Trinajstić information content (AvgIpc) is 2.19. The van der Waals surface area contributed by atoms with E-state index in [-0.39, 0.29) is 6.10 Å². The molecular weight excluding hydrogens is 164 g/mol. The molecule has 3 heteroatoms. The first kappa shape index (κ1) is 10.1. The highest BCUT2D eigenvalue weighted by Gasteiger charge is 2.18. The van der Waals surface area contributed by atoms with Gasteiger partial charge in [0, 0.05) is 19.5 Å². The largest absolute Gasteiger partial charge is 0.361 e. The second-order valence-corrected chi connectivity index (χ2v) is 3.10. The number of ether oxygens (including phenoxy) is 1. The van der Waals surface area contributed by atoms with Crippen molar-refractivity contribution in [1.29, 1.82) is 5.26 Å². The molecule has 0 bridgehead atoms. The Labute approximate surface area is 79.3 Å². The minimum atomic E-state index is -0.250. The van der Waals surface area contributed by atoms with Gasteiger partial charge in [-0.2, -0.15) is 5.26 Å². The van der Waals surface area contributed by atoms with E-state index in [0.29, 0.717) is 6.61 Å². The van der Waals surface area contributed by atoms with Crippen LogP contribution >= 0.6 is 0 Å². The molecule has 1 saturated heterocycles. The van der Waals surface area contributed by atoms with E-state index in [2.05, 4.69) is 16.9 Å². The lowest BCUT2D eigenvalue weighted by Gasteiger charge is -2.29. The highest BCUT2D eigenvalue weighted by atomic mass is 16.5. The van der Waals surface area contributed by atoms with Gasteiger partial charge in [-0.1, -0.05) is 0 Å². The van der Waals surface area contributed by atoms with Crippen molar-refractivity contribution in [3.63, 3.8) is 0 Å². The van der Waals surface area contributed by atoms with Crippen LogP contribution in [0.1, 0.15) is 12.8 Å². The van der Waals surface area contributed by atoms with E-state index in [9.17, 15) is 0 Å². The zero-order valence-electron chi connectivity index (χ0n) is 7.70. The quantitative estimate of drug-likeness (QED) is 0.469. The first-order valence-corrected chi connectivity index (χ1v) is 4.54. The summed E-state index contributed by atoms with van der Waals surface area (Å²) in [6.45, 7) is 3.28. The lowest BCUT2D eigenvalue weighted by atomic mass is 10.2. The lowest BCUT2D eigenvalue weighted by Crippen LogP contribution is -2.42. The predicted octanol–water partition coefficient (Wildman–Crippen LogP) is 0.624. The Morgan fingerprint density at radius 1 is 1.62 bits per heavy atom. The minimum Gasteiger partial charge on any atom is -0.361 e.